The molecule has 2 aromatic rings. The lowest BCUT2D eigenvalue weighted by Crippen LogP contribution is -2.12. The van der Waals surface area contributed by atoms with Gasteiger partial charge >= 0.3 is 6.09 Å². The van der Waals surface area contributed by atoms with E-state index in [-0.39, 0.29) is 6.10 Å². The van der Waals surface area contributed by atoms with Gasteiger partial charge in [0.2, 0.25) is 0 Å². The molecule has 0 radical (unpaired) electrons. The lowest BCUT2D eigenvalue weighted by atomic mass is 10.2. The van der Waals surface area contributed by atoms with Crippen molar-refractivity contribution in [3.63, 3.8) is 0 Å². The van der Waals surface area contributed by atoms with E-state index in [1.807, 2.05) is 19.9 Å². The Bertz CT molecular complexity index is 617. The molecule has 0 aliphatic carbocycles. The number of carbonyl (C=O) groups is 1. The molecule has 0 bridgehead atoms. The van der Waals surface area contributed by atoms with E-state index in [2.05, 4.69) is 20.0 Å². The lowest BCUT2D eigenvalue weighted by Gasteiger charge is -2.15. The highest BCUT2D eigenvalue weighted by atomic mass is 16.5. The Kier molecular flexibility index (Phi) is 4.71. The van der Waals surface area contributed by atoms with E-state index < -0.39 is 6.09 Å². The summed E-state index contributed by atoms with van der Waals surface area (Å²) in [4.78, 5) is 19.4. The maximum absolute atomic E-state index is 11.2. The van der Waals surface area contributed by atoms with Crippen molar-refractivity contribution in [2.45, 2.75) is 20.0 Å². The monoisotopic (exact) mass is 287 g/mol. The van der Waals surface area contributed by atoms with Crippen LogP contribution in [0.25, 0.3) is 0 Å². The van der Waals surface area contributed by atoms with Crippen molar-refractivity contribution < 1.29 is 14.3 Å². The fraction of sp³-hybridized carbons (Fsp3) is 0.267. The summed E-state index contributed by atoms with van der Waals surface area (Å²) in [5, 5.41) is 2.63. The fourth-order valence-electron chi connectivity index (χ4n) is 1.80. The van der Waals surface area contributed by atoms with E-state index in [4.69, 9.17) is 4.74 Å². The summed E-state index contributed by atoms with van der Waals surface area (Å²) in [5.41, 5.74) is 2.32. The lowest BCUT2D eigenvalue weighted by molar-refractivity contribution is 0.187. The molecule has 1 aromatic heterocycles. The third-order valence-corrected chi connectivity index (χ3v) is 2.93. The number of ether oxygens (including phenoxy) is 2. The molecule has 0 saturated heterocycles. The van der Waals surface area contributed by atoms with Crippen molar-refractivity contribution in [3.05, 3.63) is 48.0 Å². The first-order valence-electron chi connectivity index (χ1n) is 6.48. The van der Waals surface area contributed by atoms with E-state index >= 15 is 0 Å². The van der Waals surface area contributed by atoms with Crippen molar-refractivity contribution in [2.24, 2.45) is 0 Å². The number of hydrogen-bond acceptors (Lipinski definition) is 5. The van der Waals surface area contributed by atoms with Crippen LogP contribution in [0.5, 0.6) is 5.75 Å². The highest BCUT2D eigenvalue weighted by molar-refractivity contribution is 5.85. The molecule has 2 rings (SSSR count). The maximum Gasteiger partial charge on any atom is 0.411 e. The second-order valence-corrected chi connectivity index (χ2v) is 4.48. The number of carbonyl (C=O) groups excluding carboxylic acids is 1. The van der Waals surface area contributed by atoms with Crippen molar-refractivity contribution in [3.8, 4) is 5.75 Å². The number of hydrogen-bond donors (Lipinski definition) is 1. The number of benzene rings is 1. The predicted molar refractivity (Wildman–Crippen MR) is 78.3 cm³/mol. The standard InChI is InChI=1S/C15H17N3O3/c1-10-8-12(4-5-13(10)18-15(19)20-3)21-11(2)14-9-16-6-7-17-14/h4-9,11H,1-3H3,(H,18,19). The minimum Gasteiger partial charge on any atom is -0.484 e. The molecule has 1 atom stereocenters. The Labute approximate surface area is 123 Å². The van der Waals surface area contributed by atoms with Gasteiger partial charge in [0.1, 0.15) is 11.9 Å². The van der Waals surface area contributed by atoms with Gasteiger partial charge in [-0.3, -0.25) is 15.3 Å². The molecule has 110 valence electrons. The van der Waals surface area contributed by atoms with Crippen LogP contribution in [0.15, 0.2) is 36.8 Å². The summed E-state index contributed by atoms with van der Waals surface area (Å²) >= 11 is 0. The Morgan fingerprint density at radius 1 is 1.33 bits per heavy atom. The molecule has 1 amide bonds. The van der Waals surface area contributed by atoms with Crippen LogP contribution in [0.3, 0.4) is 0 Å². The van der Waals surface area contributed by atoms with Crippen LogP contribution in [-0.2, 0) is 4.74 Å². The number of nitrogens with zero attached hydrogens (tertiary/aromatic N) is 2. The summed E-state index contributed by atoms with van der Waals surface area (Å²) < 4.78 is 10.4. The highest BCUT2D eigenvalue weighted by Gasteiger charge is 2.10. The van der Waals surface area contributed by atoms with Gasteiger partial charge in [0.15, 0.2) is 0 Å². The van der Waals surface area contributed by atoms with Gasteiger partial charge in [-0.15, -0.1) is 0 Å². The molecule has 0 saturated carbocycles. The molecule has 1 aromatic carbocycles. The van der Waals surface area contributed by atoms with Crippen LogP contribution >= 0.6 is 0 Å². The Morgan fingerprint density at radius 2 is 2.14 bits per heavy atom. The molecule has 6 nitrogen and oxygen atoms in total. The smallest absolute Gasteiger partial charge is 0.411 e. The van der Waals surface area contributed by atoms with Gasteiger partial charge in [-0.1, -0.05) is 0 Å². The van der Waals surface area contributed by atoms with Gasteiger partial charge in [0, 0.05) is 18.1 Å². The van der Waals surface area contributed by atoms with Crippen LogP contribution in [0.4, 0.5) is 10.5 Å². The average Bonchev–Trinajstić information content (AvgIpc) is 2.50. The third kappa shape index (κ3) is 3.92. The van der Waals surface area contributed by atoms with Gasteiger partial charge in [-0.2, -0.15) is 0 Å². The normalized spacial score (nSPS) is 11.6. The Hall–Kier alpha value is -2.63. The molecule has 1 unspecified atom stereocenters. The molecule has 0 spiro atoms. The number of aryl methyl sites for hydroxylation is 1. The summed E-state index contributed by atoms with van der Waals surface area (Å²) in [7, 11) is 1.32. The molecule has 1 N–H and O–H groups in total. The Morgan fingerprint density at radius 3 is 2.76 bits per heavy atom. The van der Waals surface area contributed by atoms with Crippen molar-refractivity contribution >= 4 is 11.8 Å². The van der Waals surface area contributed by atoms with E-state index in [0.29, 0.717) is 11.4 Å². The van der Waals surface area contributed by atoms with Gasteiger partial charge in [0.25, 0.3) is 0 Å². The van der Waals surface area contributed by atoms with Crippen molar-refractivity contribution in [1.82, 2.24) is 9.97 Å². The molecular formula is C15H17N3O3. The summed E-state index contributed by atoms with van der Waals surface area (Å²) in [5.74, 6) is 0.695. The number of amides is 1. The molecular weight excluding hydrogens is 270 g/mol. The van der Waals surface area contributed by atoms with Gasteiger partial charge in [-0.05, 0) is 37.6 Å². The minimum absolute atomic E-state index is 0.211. The first-order valence-corrected chi connectivity index (χ1v) is 6.48. The predicted octanol–water partition coefficient (Wildman–Crippen LogP) is 3.10. The number of methoxy groups -OCH3 is 1. The van der Waals surface area contributed by atoms with Crippen molar-refractivity contribution in [2.75, 3.05) is 12.4 Å². The first-order chi connectivity index (χ1) is 10.1. The van der Waals surface area contributed by atoms with E-state index in [1.165, 1.54) is 7.11 Å². The molecule has 0 aliphatic rings. The van der Waals surface area contributed by atoms with Crippen LogP contribution in [0.2, 0.25) is 0 Å². The number of aromatic nitrogens is 2. The topological polar surface area (TPSA) is 73.3 Å². The van der Waals surface area contributed by atoms with Gasteiger partial charge in [-0.25, -0.2) is 4.79 Å². The molecule has 6 heteroatoms. The van der Waals surface area contributed by atoms with Crippen molar-refractivity contribution in [1.29, 1.82) is 0 Å². The van der Waals surface area contributed by atoms with E-state index in [1.54, 1.807) is 30.7 Å². The number of rotatable bonds is 4. The SMILES string of the molecule is COC(=O)Nc1ccc(OC(C)c2cnccn2)cc1C. The van der Waals surface area contributed by atoms with Crippen LogP contribution in [0, 0.1) is 6.92 Å². The molecule has 21 heavy (non-hydrogen) atoms. The van der Waals surface area contributed by atoms with E-state index in [9.17, 15) is 4.79 Å². The fourth-order valence-corrected chi connectivity index (χ4v) is 1.80. The summed E-state index contributed by atoms with van der Waals surface area (Å²) in [6.07, 6.45) is 4.21. The Balaban J connectivity index is 2.08. The molecule has 0 aliphatic heterocycles. The second-order valence-electron chi connectivity index (χ2n) is 4.48. The largest absolute Gasteiger partial charge is 0.484 e. The average molecular weight is 287 g/mol. The highest BCUT2D eigenvalue weighted by Crippen LogP contribution is 2.25. The van der Waals surface area contributed by atoms with E-state index in [0.717, 1.165) is 11.3 Å². The van der Waals surface area contributed by atoms with Crippen LogP contribution in [-0.4, -0.2) is 23.2 Å². The molecule has 1 heterocycles. The second kappa shape index (κ2) is 6.69. The zero-order valence-corrected chi connectivity index (χ0v) is 12.2. The van der Waals surface area contributed by atoms with Gasteiger partial charge in [0.05, 0.1) is 19.0 Å². The van der Waals surface area contributed by atoms with Gasteiger partial charge < -0.3 is 9.47 Å². The van der Waals surface area contributed by atoms with Crippen LogP contribution < -0.4 is 10.1 Å². The number of nitrogens with one attached hydrogen (secondary N) is 1. The summed E-state index contributed by atoms with van der Waals surface area (Å²) in [6.45, 7) is 3.78. The first kappa shape index (κ1) is 14.8. The third-order valence-electron chi connectivity index (χ3n) is 2.93. The van der Waals surface area contributed by atoms with Crippen LogP contribution in [0.1, 0.15) is 24.3 Å². The summed E-state index contributed by atoms with van der Waals surface area (Å²) in [6, 6.07) is 5.40. The zero-order chi connectivity index (χ0) is 15.2. The zero-order valence-electron chi connectivity index (χ0n) is 12.2. The molecule has 0 fully saturated rings. The maximum atomic E-state index is 11.2. The number of anilines is 1. The quantitative estimate of drug-likeness (QED) is 0.935. The minimum atomic E-state index is -0.500.